The highest BCUT2D eigenvalue weighted by atomic mass is 32.2. The SMILES string of the molecule is CCCSC1(C#N)CCCC1C. The first kappa shape index (κ1) is 9.92. The van der Waals surface area contributed by atoms with Crippen LogP contribution in [0.1, 0.15) is 39.5 Å². The molecule has 1 saturated carbocycles. The molecule has 0 bridgehead atoms. The summed E-state index contributed by atoms with van der Waals surface area (Å²) in [4.78, 5) is 0. The highest BCUT2D eigenvalue weighted by Crippen LogP contribution is 2.45. The van der Waals surface area contributed by atoms with Crippen LogP contribution in [0, 0.1) is 17.2 Å². The third-order valence-corrected chi connectivity index (χ3v) is 4.56. The van der Waals surface area contributed by atoms with Crippen molar-refractivity contribution in [2.75, 3.05) is 5.75 Å². The van der Waals surface area contributed by atoms with E-state index in [-0.39, 0.29) is 4.75 Å². The van der Waals surface area contributed by atoms with Gasteiger partial charge in [-0.2, -0.15) is 5.26 Å². The number of thioether (sulfide) groups is 1. The number of rotatable bonds is 3. The summed E-state index contributed by atoms with van der Waals surface area (Å²) in [6.07, 6.45) is 4.77. The molecule has 0 radical (unpaired) electrons. The number of nitriles is 1. The zero-order valence-corrected chi connectivity index (χ0v) is 8.78. The van der Waals surface area contributed by atoms with Gasteiger partial charge >= 0.3 is 0 Å². The maximum atomic E-state index is 9.14. The van der Waals surface area contributed by atoms with Gasteiger partial charge in [-0.25, -0.2) is 0 Å². The summed E-state index contributed by atoms with van der Waals surface area (Å²) in [5.74, 6) is 1.73. The van der Waals surface area contributed by atoms with E-state index < -0.39 is 0 Å². The van der Waals surface area contributed by atoms with Gasteiger partial charge in [0.15, 0.2) is 0 Å². The van der Waals surface area contributed by atoms with Crippen molar-refractivity contribution in [2.45, 2.75) is 44.3 Å². The van der Waals surface area contributed by atoms with Crippen LogP contribution in [0.25, 0.3) is 0 Å². The first-order valence-corrected chi connectivity index (χ1v) is 5.79. The molecule has 1 aliphatic rings. The Morgan fingerprint density at radius 3 is 2.83 bits per heavy atom. The van der Waals surface area contributed by atoms with Crippen LogP contribution in [0.2, 0.25) is 0 Å². The first-order chi connectivity index (χ1) is 5.75. The highest BCUT2D eigenvalue weighted by Gasteiger charge is 2.40. The van der Waals surface area contributed by atoms with Gasteiger partial charge in [0, 0.05) is 0 Å². The molecule has 0 N–H and O–H groups in total. The Hall–Kier alpha value is -0.160. The van der Waals surface area contributed by atoms with Gasteiger partial charge in [-0.3, -0.25) is 0 Å². The predicted octanol–water partition coefficient (Wildman–Crippen LogP) is 3.21. The highest BCUT2D eigenvalue weighted by molar-refractivity contribution is 8.00. The van der Waals surface area contributed by atoms with E-state index in [0.29, 0.717) is 5.92 Å². The van der Waals surface area contributed by atoms with Crippen molar-refractivity contribution >= 4 is 11.8 Å². The summed E-state index contributed by atoms with van der Waals surface area (Å²) < 4.78 is -0.0317. The minimum Gasteiger partial charge on any atom is -0.197 e. The molecule has 0 amide bonds. The molecule has 1 fully saturated rings. The first-order valence-electron chi connectivity index (χ1n) is 4.80. The second-order valence-electron chi connectivity index (χ2n) is 3.64. The quantitative estimate of drug-likeness (QED) is 0.671. The van der Waals surface area contributed by atoms with Crippen LogP contribution in [0.5, 0.6) is 0 Å². The van der Waals surface area contributed by atoms with E-state index in [1.165, 1.54) is 19.3 Å². The normalized spacial score (nSPS) is 34.9. The fourth-order valence-corrected chi connectivity index (χ4v) is 3.17. The lowest BCUT2D eigenvalue weighted by atomic mass is 9.99. The van der Waals surface area contributed by atoms with Crippen LogP contribution in [-0.2, 0) is 0 Å². The van der Waals surface area contributed by atoms with Crippen LogP contribution in [0.4, 0.5) is 0 Å². The average Bonchev–Trinajstić information content (AvgIpc) is 2.45. The van der Waals surface area contributed by atoms with Crippen molar-refractivity contribution in [3.05, 3.63) is 0 Å². The Bertz CT molecular complexity index is 185. The van der Waals surface area contributed by atoms with Crippen molar-refractivity contribution in [1.82, 2.24) is 0 Å². The van der Waals surface area contributed by atoms with Crippen LogP contribution >= 0.6 is 11.8 Å². The average molecular weight is 183 g/mol. The molecule has 0 aromatic heterocycles. The number of nitrogens with zero attached hydrogens (tertiary/aromatic N) is 1. The van der Waals surface area contributed by atoms with Crippen LogP contribution < -0.4 is 0 Å². The standard InChI is InChI=1S/C10H17NS/c1-3-7-12-10(8-11)6-4-5-9(10)2/h9H,3-7H2,1-2H3. The van der Waals surface area contributed by atoms with Crippen molar-refractivity contribution < 1.29 is 0 Å². The molecule has 0 saturated heterocycles. The fourth-order valence-electron chi connectivity index (χ4n) is 1.85. The van der Waals surface area contributed by atoms with Crippen LogP contribution in [-0.4, -0.2) is 10.5 Å². The Kier molecular flexibility index (Phi) is 3.46. The summed E-state index contributed by atoms with van der Waals surface area (Å²) in [7, 11) is 0. The molecule has 1 aliphatic carbocycles. The minimum atomic E-state index is -0.0317. The Morgan fingerprint density at radius 2 is 2.42 bits per heavy atom. The molecule has 2 unspecified atom stereocenters. The molecule has 12 heavy (non-hydrogen) atoms. The van der Waals surface area contributed by atoms with Crippen molar-refractivity contribution in [3.63, 3.8) is 0 Å². The lowest BCUT2D eigenvalue weighted by Gasteiger charge is -2.24. The molecule has 2 atom stereocenters. The van der Waals surface area contributed by atoms with Crippen LogP contribution in [0.3, 0.4) is 0 Å². The summed E-state index contributed by atoms with van der Waals surface area (Å²) in [5.41, 5.74) is 0. The maximum absolute atomic E-state index is 9.14. The molecule has 1 nitrogen and oxygen atoms in total. The fraction of sp³-hybridized carbons (Fsp3) is 0.900. The monoisotopic (exact) mass is 183 g/mol. The molecule has 0 aliphatic heterocycles. The maximum Gasteiger partial charge on any atom is 0.105 e. The minimum absolute atomic E-state index is 0.0317. The van der Waals surface area contributed by atoms with Gasteiger partial charge in [0.1, 0.15) is 4.75 Å². The third kappa shape index (κ3) is 1.77. The van der Waals surface area contributed by atoms with E-state index in [4.69, 9.17) is 5.26 Å². The Labute approximate surface area is 79.5 Å². The molecular formula is C10H17NS. The smallest absolute Gasteiger partial charge is 0.105 e. The van der Waals surface area contributed by atoms with E-state index in [0.717, 1.165) is 12.2 Å². The van der Waals surface area contributed by atoms with Crippen LogP contribution in [0.15, 0.2) is 0 Å². The summed E-state index contributed by atoms with van der Waals surface area (Å²) >= 11 is 1.88. The van der Waals surface area contributed by atoms with Gasteiger partial charge in [-0.1, -0.05) is 20.3 Å². The molecule has 0 spiro atoms. The van der Waals surface area contributed by atoms with Gasteiger partial charge in [0.2, 0.25) is 0 Å². The van der Waals surface area contributed by atoms with Gasteiger partial charge in [-0.05, 0) is 30.9 Å². The molecule has 0 heterocycles. The second-order valence-corrected chi connectivity index (χ2v) is 5.07. The third-order valence-electron chi connectivity index (χ3n) is 2.73. The molecule has 1 rings (SSSR count). The number of hydrogen-bond donors (Lipinski definition) is 0. The van der Waals surface area contributed by atoms with Crippen molar-refractivity contribution in [2.24, 2.45) is 5.92 Å². The summed E-state index contributed by atoms with van der Waals surface area (Å²) in [6, 6.07) is 2.52. The van der Waals surface area contributed by atoms with Gasteiger partial charge < -0.3 is 0 Å². The Balaban J connectivity index is 2.57. The van der Waals surface area contributed by atoms with E-state index in [1.807, 2.05) is 11.8 Å². The van der Waals surface area contributed by atoms with Gasteiger partial charge in [-0.15, -0.1) is 11.8 Å². The van der Waals surface area contributed by atoms with Gasteiger partial charge in [0.25, 0.3) is 0 Å². The van der Waals surface area contributed by atoms with E-state index in [2.05, 4.69) is 19.9 Å². The molecular weight excluding hydrogens is 166 g/mol. The topological polar surface area (TPSA) is 23.8 Å². The molecule has 0 aromatic carbocycles. The van der Waals surface area contributed by atoms with Crippen molar-refractivity contribution in [1.29, 1.82) is 5.26 Å². The lowest BCUT2D eigenvalue weighted by molar-refractivity contribution is 0.553. The molecule has 2 heteroatoms. The Morgan fingerprint density at radius 1 is 1.67 bits per heavy atom. The number of hydrogen-bond acceptors (Lipinski definition) is 2. The second kappa shape index (κ2) is 4.18. The predicted molar refractivity (Wildman–Crippen MR) is 54.1 cm³/mol. The van der Waals surface area contributed by atoms with Gasteiger partial charge in [0.05, 0.1) is 6.07 Å². The van der Waals surface area contributed by atoms with E-state index in [9.17, 15) is 0 Å². The van der Waals surface area contributed by atoms with E-state index in [1.54, 1.807) is 0 Å². The van der Waals surface area contributed by atoms with E-state index >= 15 is 0 Å². The zero-order valence-electron chi connectivity index (χ0n) is 7.97. The molecule has 68 valence electrons. The zero-order chi connectivity index (χ0) is 9.03. The lowest BCUT2D eigenvalue weighted by Crippen LogP contribution is -2.25. The summed E-state index contributed by atoms with van der Waals surface area (Å²) in [6.45, 7) is 4.40. The summed E-state index contributed by atoms with van der Waals surface area (Å²) in [5, 5.41) is 9.14. The largest absolute Gasteiger partial charge is 0.197 e. The molecule has 0 aromatic rings. The van der Waals surface area contributed by atoms with Crippen molar-refractivity contribution in [3.8, 4) is 6.07 Å².